The lowest BCUT2D eigenvalue weighted by atomic mass is 10.1. The molecule has 0 radical (unpaired) electrons. The van der Waals surface area contributed by atoms with Crippen LogP contribution in [0.1, 0.15) is 27.8 Å². The molecule has 0 unspecified atom stereocenters. The minimum Gasteiger partial charge on any atom is -0.464 e. The van der Waals surface area contributed by atoms with Crippen molar-refractivity contribution in [3.63, 3.8) is 0 Å². The van der Waals surface area contributed by atoms with Crippen LogP contribution in [0.15, 0.2) is 47.5 Å². The molecule has 7 nitrogen and oxygen atoms in total. The molecule has 0 amide bonds. The average molecular weight is 420 g/mol. The molecule has 3 aromatic rings. The number of esters is 1. The van der Waals surface area contributed by atoms with Crippen LogP contribution < -0.4 is 4.72 Å². The van der Waals surface area contributed by atoms with Crippen LogP contribution in [0.4, 0.5) is 14.5 Å². The van der Waals surface area contributed by atoms with Crippen molar-refractivity contribution in [2.24, 2.45) is 0 Å². The lowest BCUT2D eigenvalue weighted by Crippen LogP contribution is -2.16. The molecular formula is C19H14F2N2O5S. The van der Waals surface area contributed by atoms with E-state index in [0.717, 1.165) is 26.2 Å². The van der Waals surface area contributed by atoms with Crippen molar-refractivity contribution in [3.05, 3.63) is 65.5 Å². The minimum absolute atomic E-state index is 0.106. The van der Waals surface area contributed by atoms with Crippen LogP contribution >= 0.6 is 0 Å². The molecule has 3 rings (SSSR count). The Morgan fingerprint density at radius 3 is 2.31 bits per heavy atom. The molecule has 29 heavy (non-hydrogen) atoms. The highest BCUT2D eigenvalue weighted by Crippen LogP contribution is 2.29. The summed E-state index contributed by atoms with van der Waals surface area (Å²) in [6.45, 7) is 1.13. The summed E-state index contributed by atoms with van der Waals surface area (Å²) < 4.78 is 60.7. The topological polar surface area (TPSA) is 102 Å². The molecule has 10 heteroatoms. The second kappa shape index (κ2) is 7.55. The van der Waals surface area contributed by atoms with Crippen LogP contribution in [0, 0.1) is 11.6 Å². The van der Waals surface area contributed by atoms with Crippen LogP contribution in [-0.4, -0.2) is 32.3 Å². The van der Waals surface area contributed by atoms with E-state index in [1.165, 1.54) is 30.5 Å². The number of rotatable bonds is 5. The Bertz CT molecular complexity index is 1240. The molecule has 1 N–H and O–H groups in total. The van der Waals surface area contributed by atoms with Crippen LogP contribution in [0.2, 0.25) is 0 Å². The fraction of sp³-hybridized carbons (Fsp3) is 0.105. The summed E-state index contributed by atoms with van der Waals surface area (Å²) in [5.41, 5.74) is -1.26. The third-order valence-electron chi connectivity index (χ3n) is 4.12. The maximum atomic E-state index is 14.3. The summed E-state index contributed by atoms with van der Waals surface area (Å²) in [5.74, 6) is -3.82. The number of halogens is 2. The Kier molecular flexibility index (Phi) is 5.29. The molecule has 150 valence electrons. The number of nitrogens with zero attached hydrogens (tertiary/aromatic N) is 1. The van der Waals surface area contributed by atoms with E-state index >= 15 is 0 Å². The molecule has 2 aromatic carbocycles. The van der Waals surface area contributed by atoms with Gasteiger partial charge in [-0.15, -0.1) is 0 Å². The molecule has 1 heterocycles. The Hall–Kier alpha value is -3.40. The lowest BCUT2D eigenvalue weighted by molar-refractivity contribution is 0.0596. The highest BCUT2D eigenvalue weighted by atomic mass is 32.2. The van der Waals surface area contributed by atoms with E-state index in [1.54, 1.807) is 0 Å². The minimum atomic E-state index is -4.46. The summed E-state index contributed by atoms with van der Waals surface area (Å²) in [6, 6.07) is 6.87. The molecule has 0 aliphatic rings. The maximum Gasteiger partial charge on any atom is 0.357 e. The number of nitrogens with one attached hydrogen (secondary N) is 1. The highest BCUT2D eigenvalue weighted by molar-refractivity contribution is 7.93. The van der Waals surface area contributed by atoms with E-state index in [-0.39, 0.29) is 26.9 Å². The first-order valence-corrected chi connectivity index (χ1v) is 9.63. The van der Waals surface area contributed by atoms with Crippen LogP contribution in [0.5, 0.6) is 0 Å². The van der Waals surface area contributed by atoms with Gasteiger partial charge in [-0.05, 0) is 31.2 Å². The van der Waals surface area contributed by atoms with Gasteiger partial charge in [0.1, 0.15) is 5.69 Å². The summed E-state index contributed by atoms with van der Waals surface area (Å²) in [7, 11) is -3.31. The summed E-state index contributed by atoms with van der Waals surface area (Å²) in [6.07, 6.45) is 1.22. The third kappa shape index (κ3) is 3.79. The number of methoxy groups -OCH3 is 1. The summed E-state index contributed by atoms with van der Waals surface area (Å²) >= 11 is 0. The number of aromatic nitrogens is 1. The van der Waals surface area contributed by atoms with Gasteiger partial charge in [0.25, 0.3) is 10.0 Å². The van der Waals surface area contributed by atoms with E-state index in [4.69, 9.17) is 0 Å². The summed E-state index contributed by atoms with van der Waals surface area (Å²) in [4.78, 5) is 26.8. The van der Waals surface area contributed by atoms with Crippen molar-refractivity contribution in [2.45, 2.75) is 11.8 Å². The molecule has 0 aliphatic carbocycles. The van der Waals surface area contributed by atoms with Crippen LogP contribution in [0.25, 0.3) is 10.8 Å². The summed E-state index contributed by atoms with van der Waals surface area (Å²) in [5, 5.41) is 0.298. The first-order chi connectivity index (χ1) is 13.7. The number of benzene rings is 2. The smallest absolute Gasteiger partial charge is 0.357 e. The Morgan fingerprint density at radius 1 is 1.07 bits per heavy atom. The highest BCUT2D eigenvalue weighted by Gasteiger charge is 2.24. The fourth-order valence-electron chi connectivity index (χ4n) is 2.74. The quantitative estimate of drug-likeness (QED) is 0.502. The van der Waals surface area contributed by atoms with Crippen molar-refractivity contribution in [1.82, 2.24) is 4.98 Å². The maximum absolute atomic E-state index is 14.3. The monoisotopic (exact) mass is 420 g/mol. The van der Waals surface area contributed by atoms with E-state index < -0.39 is 39.1 Å². The number of carbonyl (C=O) groups is 2. The number of hydrogen-bond donors (Lipinski definition) is 1. The predicted molar refractivity (Wildman–Crippen MR) is 100 cm³/mol. The van der Waals surface area contributed by atoms with E-state index in [1.807, 2.05) is 4.72 Å². The number of Topliss-reactive ketones (excluding diaryl/α,β-unsaturated/α-hetero) is 1. The second-order valence-electron chi connectivity index (χ2n) is 5.98. The molecular weight excluding hydrogens is 406 g/mol. The average Bonchev–Trinajstić information content (AvgIpc) is 2.68. The van der Waals surface area contributed by atoms with Gasteiger partial charge in [0.15, 0.2) is 23.1 Å². The Labute approximate surface area is 164 Å². The predicted octanol–water partition coefficient (Wildman–Crippen LogP) is 3.30. The molecule has 0 saturated carbocycles. The van der Waals surface area contributed by atoms with Gasteiger partial charge < -0.3 is 4.74 Å². The number of hydrogen-bond acceptors (Lipinski definition) is 6. The van der Waals surface area contributed by atoms with Gasteiger partial charge in [-0.25, -0.2) is 27.0 Å². The Morgan fingerprint density at radius 2 is 1.72 bits per heavy atom. The molecule has 0 spiro atoms. The molecule has 0 fully saturated rings. The fourth-order valence-corrected chi connectivity index (χ4v) is 4.03. The molecule has 1 aromatic heterocycles. The van der Waals surface area contributed by atoms with Gasteiger partial charge in [-0.1, -0.05) is 12.1 Å². The van der Waals surface area contributed by atoms with Crippen molar-refractivity contribution in [1.29, 1.82) is 0 Å². The van der Waals surface area contributed by atoms with Gasteiger partial charge in [0.2, 0.25) is 0 Å². The van der Waals surface area contributed by atoms with Crippen LogP contribution in [-0.2, 0) is 14.8 Å². The van der Waals surface area contributed by atoms with Crippen molar-refractivity contribution >= 4 is 38.2 Å². The molecule has 0 atom stereocenters. The van der Waals surface area contributed by atoms with Gasteiger partial charge >= 0.3 is 5.97 Å². The zero-order valence-corrected chi connectivity index (χ0v) is 16.0. The number of anilines is 1. The lowest BCUT2D eigenvalue weighted by Gasteiger charge is -2.13. The number of pyridine rings is 1. The third-order valence-corrected chi connectivity index (χ3v) is 5.53. The van der Waals surface area contributed by atoms with Gasteiger partial charge in [0, 0.05) is 22.5 Å². The normalized spacial score (nSPS) is 11.3. The number of fused-ring (bicyclic) bond motifs is 1. The van der Waals surface area contributed by atoms with E-state index in [2.05, 4.69) is 9.72 Å². The molecule has 0 aliphatic heterocycles. The Balaban J connectivity index is 2.13. The standard InChI is InChI=1S/C19H14F2N2O5S/c1-10(24)11-8-14(20)18(15(21)9-11)23-29(26,27)16-5-3-4-13-12(16)6-7-22-17(13)19(25)28-2/h3-9,23H,1-2H3. The first kappa shape index (κ1) is 20.3. The van der Waals surface area contributed by atoms with Crippen molar-refractivity contribution < 1.29 is 31.5 Å². The van der Waals surface area contributed by atoms with E-state index in [0.29, 0.717) is 0 Å². The number of ether oxygens (including phenoxy) is 1. The van der Waals surface area contributed by atoms with Gasteiger partial charge in [-0.3, -0.25) is 9.52 Å². The van der Waals surface area contributed by atoms with Crippen molar-refractivity contribution in [2.75, 3.05) is 11.8 Å². The largest absolute Gasteiger partial charge is 0.464 e. The zero-order valence-electron chi connectivity index (χ0n) is 15.2. The SMILES string of the molecule is COC(=O)c1nccc2c(S(=O)(=O)Nc3c(F)cc(C(C)=O)cc3F)cccc12. The van der Waals surface area contributed by atoms with Crippen molar-refractivity contribution in [3.8, 4) is 0 Å². The molecule has 0 saturated heterocycles. The number of ketones is 1. The number of sulfonamides is 1. The first-order valence-electron chi connectivity index (χ1n) is 8.14. The van der Waals surface area contributed by atoms with Gasteiger partial charge in [0.05, 0.1) is 12.0 Å². The van der Waals surface area contributed by atoms with E-state index in [9.17, 15) is 26.8 Å². The molecule has 0 bridgehead atoms. The van der Waals surface area contributed by atoms with Crippen LogP contribution in [0.3, 0.4) is 0 Å². The number of carbonyl (C=O) groups excluding carboxylic acids is 2. The van der Waals surface area contributed by atoms with Gasteiger partial charge in [-0.2, -0.15) is 0 Å². The zero-order chi connectivity index (χ0) is 21.3. The second-order valence-corrected chi connectivity index (χ2v) is 7.63.